The fourth-order valence-corrected chi connectivity index (χ4v) is 2.25. The van der Waals surface area contributed by atoms with E-state index in [9.17, 15) is 9.90 Å². The summed E-state index contributed by atoms with van der Waals surface area (Å²) in [6, 6.07) is 11.1. The van der Waals surface area contributed by atoms with Gasteiger partial charge in [0.25, 0.3) is 5.91 Å². The van der Waals surface area contributed by atoms with Crippen LogP contribution in [0.2, 0.25) is 0 Å². The van der Waals surface area contributed by atoms with E-state index in [1.165, 1.54) is 0 Å². The van der Waals surface area contributed by atoms with Gasteiger partial charge in [0.2, 0.25) is 0 Å². The molecule has 1 amide bonds. The quantitative estimate of drug-likeness (QED) is 0.650. The first kappa shape index (κ1) is 18.0. The highest BCUT2D eigenvalue weighted by Crippen LogP contribution is 2.20. The maximum absolute atomic E-state index is 12.5. The van der Waals surface area contributed by atoms with E-state index in [1.54, 1.807) is 18.4 Å². The smallest absolute Gasteiger partial charge is 0.261 e. The Hall–Kier alpha value is -2.31. The Bertz CT molecular complexity index is 628. The van der Waals surface area contributed by atoms with Gasteiger partial charge in [-0.25, -0.2) is 0 Å². The van der Waals surface area contributed by atoms with Crippen molar-refractivity contribution < 1.29 is 19.1 Å². The van der Waals surface area contributed by atoms with Crippen molar-refractivity contribution in [3.8, 4) is 5.75 Å². The van der Waals surface area contributed by atoms with Crippen LogP contribution in [0.15, 0.2) is 47.1 Å². The number of para-hydroxylation sites is 1. The molecule has 0 aliphatic heterocycles. The third-order valence-corrected chi connectivity index (χ3v) is 3.71. The van der Waals surface area contributed by atoms with Crippen molar-refractivity contribution >= 4 is 5.91 Å². The maximum atomic E-state index is 12.5. The molecule has 4 N–H and O–H groups in total. The Morgan fingerprint density at radius 1 is 1.29 bits per heavy atom. The first-order valence-electron chi connectivity index (χ1n) is 8.00. The molecule has 0 aliphatic carbocycles. The van der Waals surface area contributed by atoms with Crippen LogP contribution in [0.3, 0.4) is 0 Å². The third kappa shape index (κ3) is 5.40. The Labute approximate surface area is 141 Å². The molecule has 24 heavy (non-hydrogen) atoms. The lowest BCUT2D eigenvalue weighted by Crippen LogP contribution is -2.39. The lowest BCUT2D eigenvalue weighted by atomic mass is 10.1. The normalized spacial score (nSPS) is 13.3. The Balaban J connectivity index is 2.00. The average Bonchev–Trinajstić information content (AvgIpc) is 3.11. The number of rotatable bonds is 9. The van der Waals surface area contributed by atoms with E-state index in [0.29, 0.717) is 30.9 Å². The predicted octanol–water partition coefficient (Wildman–Crippen LogP) is 1.75. The van der Waals surface area contributed by atoms with Crippen LogP contribution >= 0.6 is 0 Å². The molecule has 0 bridgehead atoms. The number of nitrogens with one attached hydrogen (secondary N) is 1. The number of carbonyl (C=O) groups excluding carboxylic acids is 1. The van der Waals surface area contributed by atoms with E-state index in [-0.39, 0.29) is 12.5 Å². The van der Waals surface area contributed by atoms with E-state index < -0.39 is 12.2 Å². The van der Waals surface area contributed by atoms with E-state index >= 15 is 0 Å². The Kier molecular flexibility index (Phi) is 6.84. The van der Waals surface area contributed by atoms with Crippen molar-refractivity contribution in [1.29, 1.82) is 0 Å². The number of aryl methyl sites for hydroxylation is 1. The van der Waals surface area contributed by atoms with Crippen LogP contribution in [-0.2, 0) is 11.3 Å². The van der Waals surface area contributed by atoms with Crippen molar-refractivity contribution in [2.45, 2.75) is 38.5 Å². The molecule has 1 heterocycles. The van der Waals surface area contributed by atoms with Crippen LogP contribution in [-0.4, -0.2) is 29.8 Å². The van der Waals surface area contributed by atoms with Crippen molar-refractivity contribution in [2.24, 2.45) is 5.73 Å². The minimum absolute atomic E-state index is 0.158. The number of aliphatic hydroxyl groups excluding tert-OH is 1. The lowest BCUT2D eigenvalue weighted by Gasteiger charge is -2.20. The van der Waals surface area contributed by atoms with Crippen LogP contribution < -0.4 is 15.8 Å². The van der Waals surface area contributed by atoms with Crippen molar-refractivity contribution in [2.75, 3.05) is 6.54 Å². The molecule has 6 heteroatoms. The number of aliphatic hydroxyl groups is 1. The molecule has 2 atom stereocenters. The molecule has 0 fully saturated rings. The van der Waals surface area contributed by atoms with Crippen molar-refractivity contribution in [3.05, 3.63) is 54.0 Å². The van der Waals surface area contributed by atoms with Gasteiger partial charge >= 0.3 is 0 Å². The second-order valence-corrected chi connectivity index (χ2v) is 5.64. The van der Waals surface area contributed by atoms with Crippen LogP contribution in [0.25, 0.3) is 0 Å². The number of carbonyl (C=O) groups is 1. The first-order valence-corrected chi connectivity index (χ1v) is 8.00. The minimum atomic E-state index is -0.706. The number of ether oxygens (including phenoxy) is 1. The topological polar surface area (TPSA) is 97.7 Å². The summed E-state index contributed by atoms with van der Waals surface area (Å²) in [5.74, 6) is 1.07. The highest BCUT2D eigenvalue weighted by Gasteiger charge is 2.22. The molecule has 1 aromatic heterocycles. The number of hydrogen-bond donors (Lipinski definition) is 3. The second-order valence-electron chi connectivity index (χ2n) is 5.64. The molecule has 0 aliphatic rings. The van der Waals surface area contributed by atoms with Gasteiger partial charge in [0.15, 0.2) is 6.10 Å². The lowest BCUT2D eigenvalue weighted by molar-refractivity contribution is -0.128. The van der Waals surface area contributed by atoms with Gasteiger partial charge in [-0.2, -0.15) is 0 Å². The molecule has 0 spiro atoms. The number of nitrogens with two attached hydrogens (primary N) is 1. The van der Waals surface area contributed by atoms with E-state index in [0.717, 1.165) is 5.56 Å². The summed E-state index contributed by atoms with van der Waals surface area (Å²) in [6.07, 6.45) is 0.964. The molecule has 6 nitrogen and oxygen atoms in total. The third-order valence-electron chi connectivity index (χ3n) is 3.71. The Morgan fingerprint density at radius 2 is 2.08 bits per heavy atom. The average molecular weight is 332 g/mol. The van der Waals surface area contributed by atoms with Crippen LogP contribution in [0, 0.1) is 6.92 Å². The largest absolute Gasteiger partial charge is 0.480 e. The van der Waals surface area contributed by atoms with Gasteiger partial charge in [0.1, 0.15) is 11.5 Å². The van der Waals surface area contributed by atoms with Crippen molar-refractivity contribution in [3.63, 3.8) is 0 Å². The van der Waals surface area contributed by atoms with Crippen LogP contribution in [0.5, 0.6) is 5.75 Å². The van der Waals surface area contributed by atoms with Gasteiger partial charge in [0, 0.05) is 6.54 Å². The molecule has 2 unspecified atom stereocenters. The summed E-state index contributed by atoms with van der Waals surface area (Å²) in [7, 11) is 0. The number of hydrogen-bond acceptors (Lipinski definition) is 5. The molecule has 2 rings (SSSR count). The summed E-state index contributed by atoms with van der Waals surface area (Å²) in [6.45, 7) is 2.37. The van der Waals surface area contributed by atoms with E-state index in [1.807, 2.05) is 31.2 Å². The van der Waals surface area contributed by atoms with Gasteiger partial charge in [-0.1, -0.05) is 18.2 Å². The highest BCUT2D eigenvalue weighted by molar-refractivity contribution is 5.81. The van der Waals surface area contributed by atoms with Crippen LogP contribution in [0.4, 0.5) is 0 Å². The summed E-state index contributed by atoms with van der Waals surface area (Å²) in [4.78, 5) is 12.5. The van der Waals surface area contributed by atoms with Crippen molar-refractivity contribution in [1.82, 2.24) is 5.32 Å². The van der Waals surface area contributed by atoms with Gasteiger partial charge < -0.3 is 25.3 Å². The monoisotopic (exact) mass is 332 g/mol. The number of benzene rings is 1. The highest BCUT2D eigenvalue weighted by atomic mass is 16.5. The minimum Gasteiger partial charge on any atom is -0.480 e. The standard InChI is InChI=1S/C18H24N2O4/c1-13-5-2-3-7-16(13)24-17(9-8-14(21)11-19)18(22)20-12-15-6-4-10-23-15/h2-7,10,14,17,21H,8-9,11-12,19H2,1H3,(H,20,22). The summed E-state index contributed by atoms with van der Waals surface area (Å²) >= 11 is 0. The van der Waals surface area contributed by atoms with E-state index in [2.05, 4.69) is 5.32 Å². The Morgan fingerprint density at radius 3 is 2.75 bits per heavy atom. The number of furan rings is 1. The maximum Gasteiger partial charge on any atom is 0.261 e. The van der Waals surface area contributed by atoms with Gasteiger partial charge in [-0.15, -0.1) is 0 Å². The second kappa shape index (κ2) is 9.10. The molecule has 2 aromatic rings. The molecule has 0 radical (unpaired) electrons. The fourth-order valence-electron chi connectivity index (χ4n) is 2.25. The zero-order valence-electron chi connectivity index (χ0n) is 13.8. The van der Waals surface area contributed by atoms with Gasteiger partial charge in [0.05, 0.1) is 18.9 Å². The summed E-state index contributed by atoms with van der Waals surface area (Å²) < 4.78 is 11.1. The fraction of sp³-hybridized carbons (Fsp3) is 0.389. The molecule has 130 valence electrons. The molecule has 0 saturated heterocycles. The molecular weight excluding hydrogens is 308 g/mol. The zero-order valence-corrected chi connectivity index (χ0v) is 13.8. The first-order chi connectivity index (χ1) is 11.6. The van der Waals surface area contributed by atoms with E-state index in [4.69, 9.17) is 14.9 Å². The molecule has 0 saturated carbocycles. The summed E-state index contributed by atoms with van der Waals surface area (Å²) in [5, 5.41) is 12.5. The van der Waals surface area contributed by atoms with Gasteiger partial charge in [-0.05, 0) is 43.5 Å². The van der Waals surface area contributed by atoms with Crippen LogP contribution in [0.1, 0.15) is 24.2 Å². The molecular formula is C18H24N2O4. The SMILES string of the molecule is Cc1ccccc1OC(CCC(O)CN)C(=O)NCc1ccco1. The predicted molar refractivity (Wildman–Crippen MR) is 90.4 cm³/mol. The summed E-state index contributed by atoms with van der Waals surface area (Å²) in [5.41, 5.74) is 6.38. The van der Waals surface area contributed by atoms with Gasteiger partial charge in [-0.3, -0.25) is 4.79 Å². The number of amides is 1. The molecule has 1 aromatic carbocycles. The zero-order chi connectivity index (χ0) is 17.4.